The molecule has 2 fully saturated rings. The molecule has 358 valence electrons. The number of β-amino-alcohol motifs (C(OH)–C–C–N with tert-alkyl or cyclic N) is 2. The van der Waals surface area contributed by atoms with Crippen molar-refractivity contribution in [1.82, 2.24) is 40.3 Å². The summed E-state index contributed by atoms with van der Waals surface area (Å²) < 4.78 is 5.65. The summed E-state index contributed by atoms with van der Waals surface area (Å²) in [6, 6.07) is 15.9. The number of carbonyl (C=O) groups excluding carboxylic acids is 5. The fourth-order valence-electron chi connectivity index (χ4n) is 8.69. The molecular weight excluding hydrogens is 875 g/mol. The molecule has 17 nitrogen and oxygen atoms in total. The number of hydrogen-bond acceptors (Lipinski definition) is 14. The van der Waals surface area contributed by atoms with Crippen molar-refractivity contribution in [2.75, 3.05) is 51.3 Å². The Morgan fingerprint density at radius 2 is 1.69 bits per heavy atom. The molecule has 0 saturated carbocycles. The second-order valence-corrected chi connectivity index (χ2v) is 19.7. The standard InChI is InChI=1S/C49H63N9O8S/c1-31-45(67-30-53-31)34-11-9-32(10-12-34)23-50-47(64)40-21-38(60)28-58(40)48(65)46(49(2,3)4)55-43(62)16-19-66-20-17-44(63)57-25-36(26-57)54-42-22-39(51-29-52-42)41(61)14-13-37(59)27-56-18-15-33-7-5-6-8-35(33)24-56/h5-12,22,29-30,36-38,40,46,59-60H,13-21,23-28H2,1-4H3,(H,50,64)(H,55,62)(H,51,52,54)/t37-,38+,40-,46+/m0/s1. The molecule has 0 spiro atoms. The number of aliphatic hydroxyl groups is 2. The zero-order valence-electron chi connectivity index (χ0n) is 38.8. The van der Waals surface area contributed by atoms with Crippen molar-refractivity contribution in [2.24, 2.45) is 5.41 Å². The van der Waals surface area contributed by atoms with Crippen LogP contribution in [0.15, 0.2) is 66.4 Å². The van der Waals surface area contributed by atoms with Gasteiger partial charge in [-0.15, -0.1) is 11.3 Å². The molecule has 2 aromatic carbocycles. The molecule has 3 aliphatic heterocycles. The third kappa shape index (κ3) is 13.3. The van der Waals surface area contributed by atoms with Crippen molar-refractivity contribution in [3.63, 3.8) is 0 Å². The highest BCUT2D eigenvalue weighted by molar-refractivity contribution is 7.13. The largest absolute Gasteiger partial charge is 0.392 e. The van der Waals surface area contributed by atoms with Gasteiger partial charge in [0.15, 0.2) is 5.78 Å². The van der Waals surface area contributed by atoms with Crippen LogP contribution in [0.25, 0.3) is 10.4 Å². The molecule has 0 bridgehead atoms. The fourth-order valence-corrected chi connectivity index (χ4v) is 9.51. The van der Waals surface area contributed by atoms with E-state index in [2.05, 4.69) is 47.9 Å². The molecule has 0 radical (unpaired) electrons. The van der Waals surface area contributed by atoms with Gasteiger partial charge in [-0.1, -0.05) is 69.3 Å². The van der Waals surface area contributed by atoms with Crippen LogP contribution in [0.2, 0.25) is 0 Å². The van der Waals surface area contributed by atoms with Crippen molar-refractivity contribution in [3.8, 4) is 10.4 Å². The number of benzene rings is 2. The minimum atomic E-state index is -0.972. The fraction of sp³-hybridized carbons (Fsp3) is 0.510. The summed E-state index contributed by atoms with van der Waals surface area (Å²) in [5, 5.41) is 30.3. The number of anilines is 1. The number of fused-ring (bicyclic) bond motifs is 1. The van der Waals surface area contributed by atoms with Crippen LogP contribution in [0.5, 0.6) is 0 Å². The normalized spacial score (nSPS) is 18.4. The molecule has 4 aromatic rings. The summed E-state index contributed by atoms with van der Waals surface area (Å²) in [6.45, 7) is 10.9. The second-order valence-electron chi connectivity index (χ2n) is 18.9. The number of ether oxygens (including phenoxy) is 1. The van der Waals surface area contributed by atoms with E-state index in [-0.39, 0.29) is 81.3 Å². The van der Waals surface area contributed by atoms with Gasteiger partial charge >= 0.3 is 0 Å². The molecule has 5 heterocycles. The average molecular weight is 938 g/mol. The lowest BCUT2D eigenvalue weighted by molar-refractivity contribution is -0.144. The minimum Gasteiger partial charge on any atom is -0.392 e. The zero-order valence-corrected chi connectivity index (χ0v) is 39.6. The predicted octanol–water partition coefficient (Wildman–Crippen LogP) is 3.52. The molecule has 0 unspecified atom stereocenters. The first-order valence-corrected chi connectivity index (χ1v) is 24.0. The number of aryl methyl sites for hydroxylation is 1. The Balaban J connectivity index is 0.778. The third-order valence-electron chi connectivity index (χ3n) is 12.6. The van der Waals surface area contributed by atoms with Gasteiger partial charge in [0.1, 0.15) is 29.9 Å². The topological polar surface area (TPSA) is 220 Å². The van der Waals surface area contributed by atoms with Crippen LogP contribution in [0.1, 0.15) is 85.7 Å². The van der Waals surface area contributed by atoms with Gasteiger partial charge in [0.25, 0.3) is 0 Å². The predicted molar refractivity (Wildman–Crippen MR) is 253 cm³/mol. The summed E-state index contributed by atoms with van der Waals surface area (Å²) in [5.74, 6) is -1.04. The number of hydrogen-bond donors (Lipinski definition) is 5. The van der Waals surface area contributed by atoms with E-state index in [9.17, 15) is 34.2 Å². The number of aliphatic hydroxyl groups excluding tert-OH is 2. The van der Waals surface area contributed by atoms with Crippen molar-refractivity contribution < 1.29 is 38.9 Å². The summed E-state index contributed by atoms with van der Waals surface area (Å²) >= 11 is 1.57. The molecule has 5 N–H and O–H groups in total. The number of likely N-dealkylation sites (tertiary alicyclic amines) is 2. The van der Waals surface area contributed by atoms with E-state index in [1.807, 2.05) is 64.1 Å². The maximum Gasteiger partial charge on any atom is 0.246 e. The van der Waals surface area contributed by atoms with E-state index in [4.69, 9.17) is 4.74 Å². The van der Waals surface area contributed by atoms with Gasteiger partial charge in [0.2, 0.25) is 23.6 Å². The van der Waals surface area contributed by atoms with Crippen molar-refractivity contribution in [1.29, 1.82) is 0 Å². The highest BCUT2D eigenvalue weighted by Gasteiger charge is 2.44. The number of aromatic nitrogens is 3. The highest BCUT2D eigenvalue weighted by Crippen LogP contribution is 2.29. The maximum absolute atomic E-state index is 14.0. The van der Waals surface area contributed by atoms with Crippen LogP contribution >= 0.6 is 11.3 Å². The van der Waals surface area contributed by atoms with Crippen LogP contribution in [-0.2, 0) is 43.4 Å². The SMILES string of the molecule is Cc1ncsc1-c1ccc(CNC(=O)[C@@H]2C[C@@H](O)CN2C(=O)[C@@H](NC(=O)CCOCCC(=O)N2CC(Nc3cc(C(=O)CC[C@H](O)CN4CCc5ccccc5C4)ncn3)C2)C(C)(C)C)cc1. The molecule has 7 rings (SSSR count). The highest BCUT2D eigenvalue weighted by atomic mass is 32.1. The summed E-state index contributed by atoms with van der Waals surface area (Å²) in [5.41, 5.74) is 6.87. The van der Waals surface area contributed by atoms with Crippen LogP contribution < -0.4 is 16.0 Å². The second kappa shape index (κ2) is 22.4. The van der Waals surface area contributed by atoms with Gasteiger partial charge in [0.05, 0.1) is 54.0 Å². The Morgan fingerprint density at radius 1 is 0.940 bits per heavy atom. The number of Topliss-reactive ketones (excluding diaryl/α,β-unsaturated/α-hetero) is 1. The smallest absolute Gasteiger partial charge is 0.246 e. The van der Waals surface area contributed by atoms with Gasteiger partial charge in [-0.05, 0) is 47.4 Å². The molecule has 3 aliphatic rings. The monoisotopic (exact) mass is 937 g/mol. The lowest BCUT2D eigenvalue weighted by Gasteiger charge is -2.39. The van der Waals surface area contributed by atoms with Crippen molar-refractivity contribution >= 4 is 46.6 Å². The van der Waals surface area contributed by atoms with Crippen molar-refractivity contribution in [2.45, 2.75) is 110 Å². The van der Waals surface area contributed by atoms with Crippen LogP contribution in [0, 0.1) is 12.3 Å². The lowest BCUT2D eigenvalue weighted by atomic mass is 9.85. The van der Waals surface area contributed by atoms with E-state index < -0.39 is 41.5 Å². The Hall–Kier alpha value is -5.66. The number of thiazole rings is 1. The molecule has 4 amide bonds. The first-order valence-electron chi connectivity index (χ1n) is 23.1. The van der Waals surface area contributed by atoms with Gasteiger partial charge in [0, 0.05) is 71.1 Å². The minimum absolute atomic E-state index is 0.0292. The van der Waals surface area contributed by atoms with Gasteiger partial charge in [-0.25, -0.2) is 15.0 Å². The molecule has 2 aromatic heterocycles. The quantitative estimate of drug-likeness (QED) is 0.0634. The molecule has 18 heteroatoms. The van der Waals surface area contributed by atoms with Gasteiger partial charge in [-0.3, -0.25) is 28.9 Å². The Bertz CT molecular complexity index is 2370. The maximum atomic E-state index is 14.0. The average Bonchev–Trinajstić information content (AvgIpc) is 3.92. The van der Waals surface area contributed by atoms with E-state index in [1.165, 1.54) is 22.4 Å². The van der Waals surface area contributed by atoms with Crippen LogP contribution in [0.4, 0.5) is 5.82 Å². The molecule has 4 atom stereocenters. The van der Waals surface area contributed by atoms with E-state index in [1.54, 1.807) is 27.8 Å². The molecular formula is C49H63N9O8S. The number of ketones is 1. The van der Waals surface area contributed by atoms with E-state index in [0.29, 0.717) is 31.9 Å². The zero-order chi connectivity index (χ0) is 47.7. The number of amides is 4. The molecule has 67 heavy (non-hydrogen) atoms. The number of nitrogens with one attached hydrogen (secondary N) is 3. The molecule has 0 aliphatic carbocycles. The van der Waals surface area contributed by atoms with E-state index >= 15 is 0 Å². The summed E-state index contributed by atoms with van der Waals surface area (Å²) in [7, 11) is 0. The number of nitrogens with zero attached hydrogens (tertiary/aromatic N) is 6. The van der Waals surface area contributed by atoms with E-state index in [0.717, 1.165) is 41.2 Å². The third-order valence-corrected chi connectivity index (χ3v) is 13.5. The Morgan fingerprint density at radius 3 is 2.42 bits per heavy atom. The summed E-state index contributed by atoms with van der Waals surface area (Å²) in [6.07, 6.45) is 1.43. The van der Waals surface area contributed by atoms with Crippen molar-refractivity contribution in [3.05, 3.63) is 94.5 Å². The van der Waals surface area contributed by atoms with Gasteiger partial charge in [-0.2, -0.15) is 0 Å². The van der Waals surface area contributed by atoms with Gasteiger partial charge < -0.3 is 40.7 Å². The first kappa shape index (κ1) is 49.3. The summed E-state index contributed by atoms with van der Waals surface area (Å²) in [4.78, 5) is 85.5. The lowest BCUT2D eigenvalue weighted by Crippen LogP contribution is -2.57. The van der Waals surface area contributed by atoms with Crippen LogP contribution in [-0.4, -0.2) is 146 Å². The Kier molecular flexibility index (Phi) is 16.5. The number of rotatable bonds is 20. The Labute approximate surface area is 395 Å². The molecule has 2 saturated heterocycles. The first-order chi connectivity index (χ1) is 32.1. The van der Waals surface area contributed by atoms with Crippen LogP contribution in [0.3, 0.4) is 0 Å². The number of carbonyl (C=O) groups is 5.